The monoisotopic (exact) mass is 304 g/mol. The van der Waals surface area contributed by atoms with Gasteiger partial charge in [-0.2, -0.15) is 0 Å². The van der Waals surface area contributed by atoms with Gasteiger partial charge in [0.05, 0.1) is 5.69 Å². The van der Waals surface area contributed by atoms with Gasteiger partial charge in [0, 0.05) is 27.3 Å². The Labute approximate surface area is 112 Å². The van der Waals surface area contributed by atoms with E-state index >= 15 is 0 Å². The number of aromatic nitrogens is 1. The average molecular weight is 305 g/mol. The highest BCUT2D eigenvalue weighted by Gasteiger charge is 2.06. The second-order valence-electron chi connectivity index (χ2n) is 3.99. The van der Waals surface area contributed by atoms with E-state index in [4.69, 9.17) is 0 Å². The van der Waals surface area contributed by atoms with Gasteiger partial charge in [0.1, 0.15) is 5.82 Å². The van der Waals surface area contributed by atoms with Crippen molar-refractivity contribution in [2.24, 2.45) is 0 Å². The van der Waals surface area contributed by atoms with Gasteiger partial charge in [-0.15, -0.1) is 0 Å². The fraction of sp³-hybridized carbons (Fsp3) is 0. The van der Waals surface area contributed by atoms with Crippen molar-refractivity contribution in [3.05, 3.63) is 59.0 Å². The Morgan fingerprint density at radius 2 is 1.94 bits per heavy atom. The summed E-state index contributed by atoms with van der Waals surface area (Å²) >= 11 is 3.24. The maximum absolute atomic E-state index is 13.8. The van der Waals surface area contributed by atoms with Crippen molar-refractivity contribution in [2.75, 3.05) is 5.32 Å². The van der Waals surface area contributed by atoms with E-state index in [1.165, 1.54) is 6.07 Å². The normalized spacial score (nSPS) is 10.8. The Morgan fingerprint density at radius 3 is 2.78 bits per heavy atom. The van der Waals surface area contributed by atoms with Gasteiger partial charge in [0.25, 0.3) is 0 Å². The lowest BCUT2D eigenvalue weighted by atomic mass is 10.2. The Morgan fingerprint density at radius 1 is 1.06 bits per heavy atom. The van der Waals surface area contributed by atoms with E-state index in [0.717, 1.165) is 21.1 Å². The lowest BCUT2D eigenvalue weighted by molar-refractivity contribution is 0.631. The summed E-state index contributed by atoms with van der Waals surface area (Å²) in [5.74, 6) is -0.281. The second-order valence-corrected chi connectivity index (χ2v) is 4.91. The van der Waals surface area contributed by atoms with Crippen molar-refractivity contribution >= 4 is 38.2 Å². The summed E-state index contributed by atoms with van der Waals surface area (Å²) in [6.07, 6.45) is 1.87. The number of benzene rings is 2. The molecular formula is C14H10BrFN2. The van der Waals surface area contributed by atoms with Crippen molar-refractivity contribution in [3.8, 4) is 0 Å². The van der Waals surface area contributed by atoms with Crippen LogP contribution in [0, 0.1) is 5.82 Å². The van der Waals surface area contributed by atoms with Gasteiger partial charge in [-0.25, -0.2) is 4.39 Å². The van der Waals surface area contributed by atoms with Crippen LogP contribution in [0.4, 0.5) is 15.8 Å². The second kappa shape index (κ2) is 4.46. The van der Waals surface area contributed by atoms with Crippen molar-refractivity contribution in [3.63, 3.8) is 0 Å². The van der Waals surface area contributed by atoms with Gasteiger partial charge >= 0.3 is 0 Å². The van der Waals surface area contributed by atoms with E-state index in [-0.39, 0.29) is 5.82 Å². The molecule has 0 atom stereocenters. The molecule has 2 aromatic carbocycles. The largest absolute Gasteiger partial charge is 0.361 e. The molecule has 0 spiro atoms. The van der Waals surface area contributed by atoms with E-state index in [0.29, 0.717) is 5.69 Å². The molecule has 3 rings (SSSR count). The van der Waals surface area contributed by atoms with Crippen molar-refractivity contribution in [2.45, 2.75) is 0 Å². The fourth-order valence-corrected chi connectivity index (χ4v) is 2.26. The topological polar surface area (TPSA) is 27.8 Å². The summed E-state index contributed by atoms with van der Waals surface area (Å²) in [5.41, 5.74) is 2.37. The Balaban J connectivity index is 2.03. The lowest BCUT2D eigenvalue weighted by Gasteiger charge is -2.09. The quantitative estimate of drug-likeness (QED) is 0.698. The first-order chi connectivity index (χ1) is 8.74. The third kappa shape index (κ3) is 1.99. The highest BCUT2D eigenvalue weighted by atomic mass is 79.9. The SMILES string of the molecule is Fc1cc(Br)ccc1Nc1cccc2[nH]ccc12. The summed E-state index contributed by atoms with van der Waals surface area (Å²) in [6.45, 7) is 0. The predicted molar refractivity (Wildman–Crippen MR) is 75.7 cm³/mol. The molecule has 3 aromatic rings. The number of fused-ring (bicyclic) bond motifs is 1. The first kappa shape index (κ1) is 11.3. The van der Waals surface area contributed by atoms with Crippen LogP contribution < -0.4 is 5.32 Å². The van der Waals surface area contributed by atoms with Crippen LogP contribution in [0.15, 0.2) is 53.1 Å². The highest BCUT2D eigenvalue weighted by molar-refractivity contribution is 9.10. The minimum atomic E-state index is -0.281. The molecule has 18 heavy (non-hydrogen) atoms. The number of nitrogens with one attached hydrogen (secondary N) is 2. The summed E-state index contributed by atoms with van der Waals surface area (Å²) in [7, 11) is 0. The number of rotatable bonds is 2. The van der Waals surface area contributed by atoms with Crippen LogP contribution in [0.3, 0.4) is 0 Å². The lowest BCUT2D eigenvalue weighted by Crippen LogP contribution is -1.94. The van der Waals surface area contributed by atoms with Crippen LogP contribution in [0.5, 0.6) is 0 Å². The fourth-order valence-electron chi connectivity index (χ4n) is 1.93. The molecule has 0 saturated heterocycles. The van der Waals surface area contributed by atoms with Crippen molar-refractivity contribution in [1.29, 1.82) is 0 Å². The summed E-state index contributed by atoms with van der Waals surface area (Å²) in [5, 5.41) is 4.15. The van der Waals surface area contributed by atoms with Gasteiger partial charge in [-0.3, -0.25) is 0 Å². The molecule has 0 amide bonds. The van der Waals surface area contributed by atoms with Crippen LogP contribution in [0.1, 0.15) is 0 Å². The molecule has 0 aliphatic carbocycles. The van der Waals surface area contributed by atoms with Gasteiger partial charge in [-0.1, -0.05) is 22.0 Å². The average Bonchev–Trinajstić information content (AvgIpc) is 2.82. The zero-order valence-electron chi connectivity index (χ0n) is 9.37. The first-order valence-electron chi connectivity index (χ1n) is 5.52. The van der Waals surface area contributed by atoms with Gasteiger partial charge in [0.2, 0.25) is 0 Å². The molecule has 90 valence electrons. The maximum Gasteiger partial charge on any atom is 0.147 e. The molecule has 4 heteroatoms. The number of hydrogen-bond donors (Lipinski definition) is 2. The van der Waals surface area contributed by atoms with Crippen LogP contribution in [-0.4, -0.2) is 4.98 Å². The highest BCUT2D eigenvalue weighted by Crippen LogP contribution is 2.28. The minimum Gasteiger partial charge on any atom is -0.361 e. The zero-order chi connectivity index (χ0) is 12.5. The van der Waals surface area contributed by atoms with Gasteiger partial charge in [0.15, 0.2) is 0 Å². The number of halogens is 2. The molecule has 0 fully saturated rings. The smallest absolute Gasteiger partial charge is 0.147 e. The molecule has 2 N–H and O–H groups in total. The predicted octanol–water partition coefficient (Wildman–Crippen LogP) is 4.81. The molecule has 0 bridgehead atoms. The molecule has 0 aliphatic heterocycles. The Bertz CT molecular complexity index is 706. The minimum absolute atomic E-state index is 0.281. The third-order valence-electron chi connectivity index (χ3n) is 2.80. The molecule has 0 aliphatic rings. The number of anilines is 2. The number of aromatic amines is 1. The summed E-state index contributed by atoms with van der Waals surface area (Å²) in [4.78, 5) is 3.13. The van der Waals surface area contributed by atoms with Crippen molar-refractivity contribution in [1.82, 2.24) is 4.98 Å². The molecule has 1 aromatic heterocycles. The maximum atomic E-state index is 13.8. The third-order valence-corrected chi connectivity index (χ3v) is 3.29. The Kier molecular flexibility index (Phi) is 2.80. The van der Waals surface area contributed by atoms with E-state index < -0.39 is 0 Å². The van der Waals surface area contributed by atoms with E-state index in [1.54, 1.807) is 6.07 Å². The number of H-pyrrole nitrogens is 1. The molecule has 0 radical (unpaired) electrons. The molecule has 2 nitrogen and oxygen atoms in total. The summed E-state index contributed by atoms with van der Waals surface area (Å²) in [6, 6.07) is 12.8. The molecular weight excluding hydrogens is 295 g/mol. The van der Waals surface area contributed by atoms with Crippen LogP contribution in [0.25, 0.3) is 10.9 Å². The molecule has 0 saturated carbocycles. The van der Waals surface area contributed by atoms with Crippen LogP contribution in [-0.2, 0) is 0 Å². The van der Waals surface area contributed by atoms with E-state index in [1.807, 2.05) is 36.5 Å². The van der Waals surface area contributed by atoms with E-state index in [9.17, 15) is 4.39 Å². The van der Waals surface area contributed by atoms with Gasteiger partial charge in [-0.05, 0) is 36.4 Å². The van der Waals surface area contributed by atoms with Crippen LogP contribution in [0.2, 0.25) is 0 Å². The number of hydrogen-bond acceptors (Lipinski definition) is 1. The van der Waals surface area contributed by atoms with Crippen molar-refractivity contribution < 1.29 is 4.39 Å². The molecule has 1 heterocycles. The Hall–Kier alpha value is -1.81. The van der Waals surface area contributed by atoms with E-state index in [2.05, 4.69) is 26.2 Å². The zero-order valence-corrected chi connectivity index (χ0v) is 11.0. The first-order valence-corrected chi connectivity index (χ1v) is 6.31. The summed E-state index contributed by atoms with van der Waals surface area (Å²) < 4.78 is 14.5. The standard InChI is InChI=1S/C14H10BrFN2/c15-9-4-5-14(11(16)8-9)18-13-3-1-2-12-10(13)6-7-17-12/h1-8,17-18H. The molecule has 0 unspecified atom stereocenters. The van der Waals surface area contributed by atoms with Crippen LogP contribution >= 0.6 is 15.9 Å². The van der Waals surface area contributed by atoms with Gasteiger partial charge < -0.3 is 10.3 Å².